The normalized spacial score (nSPS) is 11.9. The minimum Gasteiger partial charge on any atom is -0.0610 e. The minimum absolute atomic E-state index is 0.480. The molecule has 0 radical (unpaired) electrons. The van der Waals surface area contributed by atoms with Gasteiger partial charge in [0.1, 0.15) is 0 Å². The van der Waals surface area contributed by atoms with Gasteiger partial charge in [0.25, 0.3) is 0 Å². The molecule has 0 bridgehead atoms. The van der Waals surface area contributed by atoms with E-state index in [4.69, 9.17) is 0 Å². The summed E-state index contributed by atoms with van der Waals surface area (Å²) >= 11 is 0. The predicted octanol–water partition coefficient (Wildman–Crippen LogP) is 16.8. The number of hydrogen-bond donors (Lipinski definition) is 0. The van der Waals surface area contributed by atoms with Gasteiger partial charge in [-0.2, -0.15) is 0 Å². The van der Waals surface area contributed by atoms with Crippen LogP contribution >= 0.6 is 0 Å². The van der Waals surface area contributed by atoms with Gasteiger partial charge in [-0.1, -0.05) is 189 Å². The molecule has 0 aromatic heterocycles. The number of rotatable bonds is 9. The lowest BCUT2D eigenvalue weighted by molar-refractivity contribution is 0.867. The van der Waals surface area contributed by atoms with Crippen LogP contribution in [0.15, 0.2) is 158 Å². The second kappa shape index (κ2) is 15.4. The molecule has 0 N–H and O–H groups in total. The van der Waals surface area contributed by atoms with Crippen molar-refractivity contribution in [1.82, 2.24) is 0 Å². The van der Waals surface area contributed by atoms with Gasteiger partial charge >= 0.3 is 0 Å². The molecule has 56 heavy (non-hydrogen) atoms. The molecule has 0 aliphatic carbocycles. The largest absolute Gasteiger partial charge is 0.0610 e. The third-order valence-electron chi connectivity index (χ3n) is 11.9. The Morgan fingerprint density at radius 3 is 0.768 bits per heavy atom. The van der Waals surface area contributed by atoms with E-state index in [1.165, 1.54) is 99.4 Å². The molecule has 0 amide bonds. The molecule has 0 aliphatic heterocycles. The first-order valence-corrected chi connectivity index (χ1v) is 20.6. The van der Waals surface area contributed by atoms with Crippen LogP contribution in [-0.4, -0.2) is 0 Å². The first-order chi connectivity index (χ1) is 27.0. The summed E-state index contributed by atoms with van der Waals surface area (Å²) in [5, 5.41) is 5.08. The van der Waals surface area contributed by atoms with Gasteiger partial charge in [0.2, 0.25) is 0 Å². The molecule has 0 heteroatoms. The molecule has 0 unspecified atom stereocenters. The molecule has 278 valence electrons. The maximum Gasteiger partial charge on any atom is -0.00930 e. The molecule has 0 saturated heterocycles. The number of benzene rings is 8. The van der Waals surface area contributed by atoms with Crippen LogP contribution < -0.4 is 0 Å². The first-order valence-electron chi connectivity index (χ1n) is 20.6. The number of fused-ring (bicyclic) bond motifs is 2. The summed E-state index contributed by atoms with van der Waals surface area (Å²) in [5.41, 5.74) is 17.9. The van der Waals surface area contributed by atoms with Crippen molar-refractivity contribution < 1.29 is 0 Å². The van der Waals surface area contributed by atoms with Gasteiger partial charge in [0, 0.05) is 0 Å². The number of hydrogen-bond acceptors (Lipinski definition) is 0. The van der Waals surface area contributed by atoms with Crippen LogP contribution in [0.4, 0.5) is 0 Å². The van der Waals surface area contributed by atoms with Gasteiger partial charge in [0.05, 0.1) is 0 Å². The van der Waals surface area contributed by atoms with Crippen LogP contribution in [-0.2, 0) is 0 Å². The van der Waals surface area contributed by atoms with Gasteiger partial charge in [-0.25, -0.2) is 0 Å². The summed E-state index contributed by atoms with van der Waals surface area (Å²) in [5.74, 6) is 1.94. The van der Waals surface area contributed by atoms with E-state index >= 15 is 0 Å². The zero-order valence-electron chi connectivity index (χ0n) is 34.3. The molecule has 0 fully saturated rings. The maximum atomic E-state index is 2.44. The van der Waals surface area contributed by atoms with Crippen molar-refractivity contribution in [3.63, 3.8) is 0 Å². The summed E-state index contributed by atoms with van der Waals surface area (Å²) in [4.78, 5) is 0. The summed E-state index contributed by atoms with van der Waals surface area (Å²) < 4.78 is 0. The summed E-state index contributed by atoms with van der Waals surface area (Å²) in [6.45, 7) is 18.1. The van der Waals surface area contributed by atoms with Gasteiger partial charge < -0.3 is 0 Å². The Kier molecular flexibility index (Phi) is 10.3. The molecule has 0 nitrogen and oxygen atoms in total. The zero-order valence-corrected chi connectivity index (χ0v) is 34.3. The fraction of sp³-hybridized carbons (Fsp3) is 0.214. The maximum absolute atomic E-state index is 2.44. The highest BCUT2D eigenvalue weighted by atomic mass is 14.2. The molecular formula is C56H54. The van der Waals surface area contributed by atoms with Gasteiger partial charge in [0.15, 0.2) is 0 Å². The van der Waals surface area contributed by atoms with Crippen molar-refractivity contribution in [3.05, 3.63) is 180 Å². The summed E-state index contributed by atoms with van der Waals surface area (Å²) in [6.07, 6.45) is 0. The fourth-order valence-corrected chi connectivity index (χ4v) is 8.28. The highest BCUT2D eigenvalue weighted by Crippen LogP contribution is 2.43. The molecule has 0 aliphatic rings. The van der Waals surface area contributed by atoms with Crippen LogP contribution in [0.1, 0.15) is 101 Å². The molecule has 0 heterocycles. The van der Waals surface area contributed by atoms with Crippen molar-refractivity contribution in [3.8, 4) is 55.6 Å². The van der Waals surface area contributed by atoms with Gasteiger partial charge in [-0.15, -0.1) is 0 Å². The van der Waals surface area contributed by atoms with E-state index in [1.54, 1.807) is 0 Å². The van der Waals surface area contributed by atoms with Crippen molar-refractivity contribution in [1.29, 1.82) is 0 Å². The molecule has 0 saturated carbocycles. The monoisotopic (exact) mass is 726 g/mol. The molecule has 0 spiro atoms. The van der Waals surface area contributed by atoms with Crippen LogP contribution in [0, 0.1) is 0 Å². The zero-order chi connectivity index (χ0) is 39.1. The Balaban J connectivity index is 1.41. The standard InChI is InChI=1S/C56H54/c1-35(2)39-15-23-43(24-16-39)49-11-9-13-51-53(45-27-19-41(20-28-45)37(5)6)31-47(33-55(49)51)48-32-54(46-29-21-42(22-30-46)38(7)8)52-14-10-12-50(56(52)34-48)44-25-17-40(18-26-44)36(3)4/h9-38H,1-8H3. The van der Waals surface area contributed by atoms with Crippen LogP contribution in [0.25, 0.3) is 77.2 Å². The van der Waals surface area contributed by atoms with Crippen LogP contribution in [0.5, 0.6) is 0 Å². The van der Waals surface area contributed by atoms with E-state index in [0.717, 1.165) is 0 Å². The summed E-state index contributed by atoms with van der Waals surface area (Å²) in [7, 11) is 0. The minimum atomic E-state index is 0.480. The lowest BCUT2D eigenvalue weighted by Gasteiger charge is -2.18. The lowest BCUT2D eigenvalue weighted by atomic mass is 9.85. The smallest absolute Gasteiger partial charge is 0.00930 e. The third kappa shape index (κ3) is 7.22. The highest BCUT2D eigenvalue weighted by molar-refractivity contribution is 6.10. The third-order valence-corrected chi connectivity index (χ3v) is 11.9. The van der Waals surface area contributed by atoms with Crippen molar-refractivity contribution in [2.45, 2.75) is 79.1 Å². The molecule has 8 rings (SSSR count). The molecule has 0 atom stereocenters. The van der Waals surface area contributed by atoms with E-state index in [0.29, 0.717) is 23.7 Å². The second-order valence-corrected chi connectivity index (χ2v) is 17.0. The Hall–Kier alpha value is -5.72. The average Bonchev–Trinajstić information content (AvgIpc) is 3.22. The average molecular weight is 727 g/mol. The topological polar surface area (TPSA) is 0 Å². The second-order valence-electron chi connectivity index (χ2n) is 17.0. The van der Waals surface area contributed by atoms with E-state index in [1.807, 2.05) is 0 Å². The SMILES string of the molecule is CC(C)c1ccc(-c2cc(-c3cc(-c4ccc(C(C)C)cc4)c4cccc(-c5ccc(C(C)C)cc5)c4c3)cc3c(-c4ccc(C(C)C)cc4)cccc23)cc1. The predicted molar refractivity (Wildman–Crippen MR) is 245 cm³/mol. The van der Waals surface area contributed by atoms with E-state index in [-0.39, 0.29) is 0 Å². The van der Waals surface area contributed by atoms with E-state index in [9.17, 15) is 0 Å². The van der Waals surface area contributed by atoms with E-state index in [2.05, 4.69) is 213 Å². The first kappa shape index (κ1) is 37.2. The van der Waals surface area contributed by atoms with Crippen molar-refractivity contribution >= 4 is 21.5 Å². The molecule has 8 aromatic rings. The Bertz CT molecular complexity index is 2440. The Labute approximate surface area is 334 Å². The lowest BCUT2D eigenvalue weighted by Crippen LogP contribution is -1.93. The quantitative estimate of drug-likeness (QED) is 0.139. The molecular weight excluding hydrogens is 673 g/mol. The Morgan fingerprint density at radius 2 is 0.500 bits per heavy atom. The van der Waals surface area contributed by atoms with Gasteiger partial charge in [-0.05, 0) is 147 Å². The van der Waals surface area contributed by atoms with Crippen LogP contribution in [0.3, 0.4) is 0 Å². The van der Waals surface area contributed by atoms with E-state index < -0.39 is 0 Å². The fourth-order valence-electron chi connectivity index (χ4n) is 8.28. The van der Waals surface area contributed by atoms with Gasteiger partial charge in [-0.3, -0.25) is 0 Å². The molecule has 8 aromatic carbocycles. The highest BCUT2D eigenvalue weighted by Gasteiger charge is 2.17. The van der Waals surface area contributed by atoms with Crippen molar-refractivity contribution in [2.24, 2.45) is 0 Å². The van der Waals surface area contributed by atoms with Crippen molar-refractivity contribution in [2.75, 3.05) is 0 Å². The van der Waals surface area contributed by atoms with Crippen LogP contribution in [0.2, 0.25) is 0 Å². The Morgan fingerprint density at radius 1 is 0.232 bits per heavy atom. The summed E-state index contributed by atoms with van der Waals surface area (Å²) in [6, 6.07) is 60.3.